The van der Waals surface area contributed by atoms with E-state index in [4.69, 9.17) is 5.73 Å². The molecule has 5 nitrogen and oxygen atoms in total. The SMILES string of the molecule is NCc1ccc(Br)cc1-n1nnc(-c2ccccc2)n1. The van der Waals surface area contributed by atoms with Gasteiger partial charge in [-0.05, 0) is 22.9 Å². The molecule has 0 aliphatic carbocycles. The summed E-state index contributed by atoms with van der Waals surface area (Å²) in [6, 6.07) is 15.6. The van der Waals surface area contributed by atoms with Gasteiger partial charge >= 0.3 is 0 Å². The molecule has 0 saturated heterocycles. The Kier molecular flexibility index (Phi) is 3.58. The van der Waals surface area contributed by atoms with Crippen molar-refractivity contribution >= 4 is 15.9 Å². The fraction of sp³-hybridized carbons (Fsp3) is 0.0714. The maximum Gasteiger partial charge on any atom is 0.205 e. The molecule has 0 spiro atoms. The first-order valence-electron chi connectivity index (χ1n) is 6.12. The van der Waals surface area contributed by atoms with Crippen molar-refractivity contribution in [3.05, 3.63) is 58.6 Å². The van der Waals surface area contributed by atoms with Crippen molar-refractivity contribution in [1.82, 2.24) is 20.2 Å². The molecule has 3 rings (SSSR count). The molecule has 0 fully saturated rings. The number of benzene rings is 2. The molecule has 3 aromatic rings. The standard InChI is InChI=1S/C14H12BrN5/c15-12-7-6-11(9-16)13(8-12)20-18-14(17-19-20)10-4-2-1-3-5-10/h1-8H,9,16H2. The number of hydrogen-bond acceptors (Lipinski definition) is 4. The predicted octanol–water partition coefficient (Wildman–Crippen LogP) is 2.55. The smallest absolute Gasteiger partial charge is 0.205 e. The molecule has 0 amide bonds. The Morgan fingerprint density at radius 1 is 1.10 bits per heavy atom. The van der Waals surface area contributed by atoms with Gasteiger partial charge in [0.05, 0.1) is 5.69 Å². The summed E-state index contributed by atoms with van der Waals surface area (Å²) in [6.45, 7) is 0.421. The van der Waals surface area contributed by atoms with Crippen LogP contribution in [0, 0.1) is 0 Å². The van der Waals surface area contributed by atoms with Crippen LogP contribution < -0.4 is 5.73 Å². The quantitative estimate of drug-likeness (QED) is 0.801. The average molecular weight is 330 g/mol. The summed E-state index contributed by atoms with van der Waals surface area (Å²) in [6.07, 6.45) is 0. The molecule has 2 N–H and O–H groups in total. The molecule has 1 aromatic heterocycles. The summed E-state index contributed by atoms with van der Waals surface area (Å²) in [4.78, 5) is 1.51. The number of rotatable bonds is 3. The molecule has 1 heterocycles. The fourth-order valence-electron chi connectivity index (χ4n) is 1.91. The molecule has 0 aliphatic heterocycles. The van der Waals surface area contributed by atoms with Crippen LogP contribution in [0.1, 0.15) is 5.56 Å². The van der Waals surface area contributed by atoms with E-state index in [1.807, 2.05) is 48.5 Å². The lowest BCUT2D eigenvalue weighted by Gasteiger charge is -2.05. The lowest BCUT2D eigenvalue weighted by Crippen LogP contribution is -2.07. The molecular weight excluding hydrogens is 318 g/mol. The summed E-state index contributed by atoms with van der Waals surface area (Å²) >= 11 is 3.44. The third-order valence-electron chi connectivity index (χ3n) is 2.93. The Bertz CT molecular complexity index is 723. The van der Waals surface area contributed by atoms with E-state index in [1.165, 1.54) is 4.80 Å². The van der Waals surface area contributed by atoms with Crippen molar-refractivity contribution in [2.24, 2.45) is 5.73 Å². The third kappa shape index (κ3) is 2.48. The number of aromatic nitrogens is 4. The van der Waals surface area contributed by atoms with Gasteiger partial charge in [0, 0.05) is 16.6 Å². The van der Waals surface area contributed by atoms with Gasteiger partial charge in [-0.3, -0.25) is 0 Å². The maximum absolute atomic E-state index is 5.75. The Hall–Kier alpha value is -2.05. The summed E-state index contributed by atoms with van der Waals surface area (Å²) in [5.41, 5.74) is 8.48. The molecule has 0 bridgehead atoms. The van der Waals surface area contributed by atoms with Gasteiger partial charge in [-0.1, -0.05) is 52.3 Å². The van der Waals surface area contributed by atoms with Crippen LogP contribution in [-0.2, 0) is 6.54 Å². The van der Waals surface area contributed by atoms with Crippen molar-refractivity contribution < 1.29 is 0 Å². The monoisotopic (exact) mass is 329 g/mol. The van der Waals surface area contributed by atoms with Crippen molar-refractivity contribution in [2.75, 3.05) is 0 Å². The molecule has 20 heavy (non-hydrogen) atoms. The van der Waals surface area contributed by atoms with Crippen LogP contribution in [0.15, 0.2) is 53.0 Å². The van der Waals surface area contributed by atoms with Gasteiger partial charge in [-0.15, -0.1) is 15.0 Å². The summed E-state index contributed by atoms with van der Waals surface area (Å²) in [5.74, 6) is 0.591. The zero-order valence-corrected chi connectivity index (χ0v) is 12.2. The minimum absolute atomic E-state index is 0.421. The van der Waals surface area contributed by atoms with E-state index in [9.17, 15) is 0 Å². The number of nitrogens with zero attached hydrogens (tertiary/aromatic N) is 4. The zero-order chi connectivity index (χ0) is 13.9. The van der Waals surface area contributed by atoms with E-state index >= 15 is 0 Å². The minimum Gasteiger partial charge on any atom is -0.326 e. The van der Waals surface area contributed by atoms with Crippen LogP contribution in [0.25, 0.3) is 17.1 Å². The first-order chi connectivity index (χ1) is 9.78. The van der Waals surface area contributed by atoms with Crippen LogP contribution in [0.4, 0.5) is 0 Å². The second-order valence-corrected chi connectivity index (χ2v) is 5.16. The van der Waals surface area contributed by atoms with Crippen molar-refractivity contribution in [3.8, 4) is 17.1 Å². The highest BCUT2D eigenvalue weighted by Gasteiger charge is 2.10. The van der Waals surface area contributed by atoms with Crippen molar-refractivity contribution in [1.29, 1.82) is 0 Å². The number of halogens is 1. The van der Waals surface area contributed by atoms with E-state index < -0.39 is 0 Å². The van der Waals surface area contributed by atoms with Crippen LogP contribution >= 0.6 is 15.9 Å². The summed E-state index contributed by atoms with van der Waals surface area (Å²) < 4.78 is 0.947. The first kappa shape index (κ1) is 13.0. The van der Waals surface area contributed by atoms with Crippen LogP contribution in [0.5, 0.6) is 0 Å². The highest BCUT2D eigenvalue weighted by molar-refractivity contribution is 9.10. The average Bonchev–Trinajstić information content (AvgIpc) is 2.98. The topological polar surface area (TPSA) is 69.6 Å². The third-order valence-corrected chi connectivity index (χ3v) is 3.42. The van der Waals surface area contributed by atoms with Crippen molar-refractivity contribution in [3.63, 3.8) is 0 Å². The second-order valence-electron chi connectivity index (χ2n) is 4.25. The molecule has 2 aromatic carbocycles. The lowest BCUT2D eigenvalue weighted by molar-refractivity contribution is 0.711. The molecule has 6 heteroatoms. The summed E-state index contributed by atoms with van der Waals surface area (Å²) in [7, 11) is 0. The molecule has 0 aliphatic rings. The normalized spacial score (nSPS) is 10.7. The Morgan fingerprint density at radius 2 is 1.90 bits per heavy atom. The molecular formula is C14H12BrN5. The van der Waals surface area contributed by atoms with E-state index in [0.717, 1.165) is 21.3 Å². The molecule has 0 saturated carbocycles. The Labute approximate surface area is 124 Å². The van der Waals surface area contributed by atoms with Gasteiger partial charge in [0.2, 0.25) is 5.82 Å². The van der Waals surface area contributed by atoms with Gasteiger partial charge in [0.1, 0.15) is 0 Å². The summed E-state index contributed by atoms with van der Waals surface area (Å²) in [5, 5.41) is 12.6. The van der Waals surface area contributed by atoms with E-state index in [1.54, 1.807) is 0 Å². The Morgan fingerprint density at radius 3 is 2.65 bits per heavy atom. The number of tetrazole rings is 1. The highest BCUT2D eigenvalue weighted by Crippen LogP contribution is 2.20. The fourth-order valence-corrected chi connectivity index (χ4v) is 2.26. The zero-order valence-electron chi connectivity index (χ0n) is 10.6. The first-order valence-corrected chi connectivity index (χ1v) is 6.91. The molecule has 0 radical (unpaired) electrons. The second kappa shape index (κ2) is 5.52. The molecule has 100 valence electrons. The van der Waals surface area contributed by atoms with Crippen LogP contribution in [0.3, 0.4) is 0 Å². The maximum atomic E-state index is 5.75. The van der Waals surface area contributed by atoms with Crippen LogP contribution in [-0.4, -0.2) is 20.2 Å². The van der Waals surface area contributed by atoms with E-state index in [-0.39, 0.29) is 0 Å². The van der Waals surface area contributed by atoms with E-state index in [0.29, 0.717) is 12.4 Å². The predicted molar refractivity (Wildman–Crippen MR) is 80.2 cm³/mol. The van der Waals surface area contributed by atoms with E-state index in [2.05, 4.69) is 31.3 Å². The number of nitrogens with two attached hydrogens (primary N) is 1. The van der Waals surface area contributed by atoms with Gasteiger partial charge in [0.25, 0.3) is 0 Å². The van der Waals surface area contributed by atoms with Gasteiger partial charge in [-0.2, -0.15) is 0 Å². The van der Waals surface area contributed by atoms with Gasteiger partial charge in [-0.25, -0.2) is 0 Å². The van der Waals surface area contributed by atoms with Crippen LogP contribution in [0.2, 0.25) is 0 Å². The minimum atomic E-state index is 0.421. The number of hydrogen-bond donors (Lipinski definition) is 1. The lowest BCUT2D eigenvalue weighted by atomic mass is 10.2. The molecule has 0 unspecified atom stereocenters. The van der Waals surface area contributed by atoms with Gasteiger partial charge < -0.3 is 5.73 Å². The van der Waals surface area contributed by atoms with Crippen molar-refractivity contribution in [2.45, 2.75) is 6.54 Å². The van der Waals surface area contributed by atoms with Gasteiger partial charge in [0.15, 0.2) is 0 Å². The molecule has 0 atom stereocenters. The largest absolute Gasteiger partial charge is 0.326 e. The Balaban J connectivity index is 2.04. The highest BCUT2D eigenvalue weighted by atomic mass is 79.9.